The Morgan fingerprint density at radius 2 is 1.87 bits per heavy atom. The van der Waals surface area contributed by atoms with Gasteiger partial charge in [-0.2, -0.15) is 0 Å². The third-order valence-electron chi connectivity index (χ3n) is 3.56. The Hall–Kier alpha value is -0.0500. The van der Waals surface area contributed by atoms with E-state index in [1.807, 2.05) is 0 Å². The number of hydrogen-bond donors (Lipinski definition) is 1. The van der Waals surface area contributed by atoms with Gasteiger partial charge in [-0.1, -0.05) is 42.6 Å². The summed E-state index contributed by atoms with van der Waals surface area (Å²) in [5.74, 6) is 0.447. The van der Waals surface area contributed by atoms with Gasteiger partial charge in [-0.15, -0.1) is 0 Å². The van der Waals surface area contributed by atoms with Crippen LogP contribution in [0.5, 0.6) is 0 Å². The molecule has 1 aliphatic carbocycles. The van der Waals surface area contributed by atoms with E-state index in [0.29, 0.717) is 0 Å². The molecular formula is C12H22BrNO. The molecule has 1 aliphatic rings. The number of rotatable bonds is 5. The average Bonchev–Trinajstić information content (AvgIpc) is 2.69. The summed E-state index contributed by atoms with van der Waals surface area (Å²) in [6.07, 6.45) is 6.64. The smallest absolute Gasteiger partial charge is 0.223 e. The molecule has 1 rings (SSSR count). The molecule has 0 atom stereocenters. The summed E-state index contributed by atoms with van der Waals surface area (Å²) in [6.45, 7) is 4.17. The molecule has 0 radical (unpaired) electrons. The number of nitrogens with one attached hydrogen (secondary N) is 1. The zero-order valence-corrected chi connectivity index (χ0v) is 11.4. The summed E-state index contributed by atoms with van der Waals surface area (Å²) in [4.78, 5) is 12.0. The van der Waals surface area contributed by atoms with Gasteiger partial charge in [0.05, 0.1) is 0 Å². The maximum Gasteiger partial charge on any atom is 0.223 e. The van der Waals surface area contributed by atoms with Gasteiger partial charge in [0.25, 0.3) is 0 Å². The molecule has 0 saturated heterocycles. The molecule has 0 unspecified atom stereocenters. The lowest BCUT2D eigenvalue weighted by molar-refractivity contribution is -0.126. The maximum atomic E-state index is 12.0. The van der Waals surface area contributed by atoms with Crippen LogP contribution >= 0.6 is 15.9 Å². The van der Waals surface area contributed by atoms with Crippen LogP contribution in [0.3, 0.4) is 0 Å². The van der Waals surface area contributed by atoms with Crippen LogP contribution in [0.1, 0.15) is 52.4 Å². The number of hydrogen-bond acceptors (Lipinski definition) is 1. The zero-order valence-electron chi connectivity index (χ0n) is 9.81. The van der Waals surface area contributed by atoms with Gasteiger partial charge >= 0.3 is 0 Å². The van der Waals surface area contributed by atoms with E-state index in [0.717, 1.165) is 31.0 Å². The molecule has 3 heteroatoms. The number of alkyl halides is 1. The van der Waals surface area contributed by atoms with Crippen molar-refractivity contribution < 1.29 is 4.79 Å². The van der Waals surface area contributed by atoms with Gasteiger partial charge in [-0.25, -0.2) is 0 Å². The van der Waals surface area contributed by atoms with E-state index in [1.54, 1.807) is 0 Å². The highest BCUT2D eigenvalue weighted by Gasteiger charge is 2.35. The number of carbonyl (C=O) groups is 1. The van der Waals surface area contributed by atoms with Gasteiger partial charge < -0.3 is 5.32 Å². The Balaban J connectivity index is 2.54. The second-order valence-electron chi connectivity index (χ2n) is 4.62. The molecule has 0 spiro atoms. The molecule has 2 nitrogen and oxygen atoms in total. The Labute approximate surface area is 101 Å². The van der Waals surface area contributed by atoms with Crippen LogP contribution in [0.25, 0.3) is 0 Å². The first-order valence-corrected chi connectivity index (χ1v) is 7.17. The summed E-state index contributed by atoms with van der Waals surface area (Å²) in [5.41, 5.74) is 0.0552. The first kappa shape index (κ1) is 13.0. The van der Waals surface area contributed by atoms with Crippen LogP contribution in [0.2, 0.25) is 0 Å². The Bertz CT molecular complexity index is 208. The van der Waals surface area contributed by atoms with Crippen molar-refractivity contribution in [1.82, 2.24) is 5.32 Å². The van der Waals surface area contributed by atoms with Gasteiger partial charge in [0, 0.05) is 16.8 Å². The molecule has 0 aliphatic heterocycles. The fourth-order valence-corrected chi connectivity index (χ4v) is 3.07. The number of halogens is 1. The Kier molecular flexibility index (Phi) is 5.10. The molecule has 15 heavy (non-hydrogen) atoms. The van der Waals surface area contributed by atoms with Crippen molar-refractivity contribution in [2.75, 3.05) is 5.33 Å². The molecule has 0 aromatic rings. The Morgan fingerprint density at radius 3 is 2.27 bits per heavy atom. The lowest BCUT2D eigenvalue weighted by atomic mass is 9.96. The van der Waals surface area contributed by atoms with Crippen LogP contribution in [0, 0.1) is 5.92 Å². The van der Waals surface area contributed by atoms with E-state index < -0.39 is 0 Å². The zero-order chi connectivity index (χ0) is 11.3. The van der Waals surface area contributed by atoms with Crippen LogP contribution < -0.4 is 5.32 Å². The highest BCUT2D eigenvalue weighted by molar-refractivity contribution is 9.09. The van der Waals surface area contributed by atoms with E-state index >= 15 is 0 Å². The molecule has 1 fully saturated rings. The minimum absolute atomic E-state index is 0.0552. The van der Waals surface area contributed by atoms with E-state index in [4.69, 9.17) is 0 Å². The molecule has 0 heterocycles. The second-order valence-corrected chi connectivity index (χ2v) is 5.18. The molecule has 0 aromatic heterocycles. The average molecular weight is 276 g/mol. The molecular weight excluding hydrogens is 254 g/mol. The molecule has 88 valence electrons. The van der Waals surface area contributed by atoms with Gasteiger partial charge in [0.15, 0.2) is 0 Å². The highest BCUT2D eigenvalue weighted by atomic mass is 79.9. The fourth-order valence-electron chi connectivity index (χ4n) is 2.37. The van der Waals surface area contributed by atoms with Crippen molar-refractivity contribution in [1.29, 1.82) is 0 Å². The summed E-state index contributed by atoms with van der Waals surface area (Å²) in [6, 6.07) is 0. The number of amides is 1. The molecule has 1 N–H and O–H groups in total. The summed E-state index contributed by atoms with van der Waals surface area (Å²) >= 11 is 3.54. The van der Waals surface area contributed by atoms with E-state index in [1.165, 1.54) is 12.8 Å². The first-order valence-electron chi connectivity index (χ1n) is 6.05. The van der Waals surface area contributed by atoms with Crippen molar-refractivity contribution >= 4 is 21.8 Å². The largest absolute Gasteiger partial charge is 0.350 e. The normalized spacial score (nSPS) is 19.5. The first-order chi connectivity index (χ1) is 7.17. The SMILES string of the molecule is CCC(CC)C(=O)NC1(CBr)CCCC1. The van der Waals surface area contributed by atoms with Crippen molar-refractivity contribution in [3.8, 4) is 0 Å². The summed E-state index contributed by atoms with van der Waals surface area (Å²) in [5, 5.41) is 4.15. The quantitative estimate of drug-likeness (QED) is 0.767. The maximum absolute atomic E-state index is 12.0. The highest BCUT2D eigenvalue weighted by Crippen LogP contribution is 2.31. The minimum atomic E-state index is 0.0552. The van der Waals surface area contributed by atoms with Crippen molar-refractivity contribution in [2.24, 2.45) is 5.92 Å². The third kappa shape index (κ3) is 3.20. The van der Waals surface area contributed by atoms with Crippen LogP contribution in [0.15, 0.2) is 0 Å². The second kappa shape index (κ2) is 5.88. The monoisotopic (exact) mass is 275 g/mol. The van der Waals surface area contributed by atoms with Crippen molar-refractivity contribution in [2.45, 2.75) is 57.9 Å². The van der Waals surface area contributed by atoms with E-state index in [2.05, 4.69) is 35.1 Å². The van der Waals surface area contributed by atoms with Crippen LogP contribution in [0.4, 0.5) is 0 Å². The molecule has 0 aromatic carbocycles. The van der Waals surface area contributed by atoms with Crippen molar-refractivity contribution in [3.05, 3.63) is 0 Å². The van der Waals surface area contributed by atoms with Gasteiger partial charge in [0.1, 0.15) is 0 Å². The van der Waals surface area contributed by atoms with E-state index in [9.17, 15) is 4.79 Å². The summed E-state index contributed by atoms with van der Waals surface area (Å²) in [7, 11) is 0. The Morgan fingerprint density at radius 1 is 1.33 bits per heavy atom. The molecule has 1 saturated carbocycles. The third-order valence-corrected chi connectivity index (χ3v) is 4.63. The fraction of sp³-hybridized carbons (Fsp3) is 0.917. The molecule has 0 bridgehead atoms. The predicted molar refractivity (Wildman–Crippen MR) is 67.2 cm³/mol. The van der Waals surface area contributed by atoms with Gasteiger partial charge in [-0.3, -0.25) is 4.79 Å². The van der Waals surface area contributed by atoms with Gasteiger partial charge in [-0.05, 0) is 25.7 Å². The van der Waals surface area contributed by atoms with Gasteiger partial charge in [0.2, 0.25) is 5.91 Å². The predicted octanol–water partition coefficient (Wildman–Crippen LogP) is 3.25. The lowest BCUT2D eigenvalue weighted by Crippen LogP contribution is -2.49. The topological polar surface area (TPSA) is 29.1 Å². The standard InChI is InChI=1S/C12H22BrNO/c1-3-10(4-2)11(15)14-12(9-13)7-5-6-8-12/h10H,3-9H2,1-2H3,(H,14,15). The van der Waals surface area contributed by atoms with Crippen LogP contribution in [-0.2, 0) is 4.79 Å². The van der Waals surface area contributed by atoms with E-state index in [-0.39, 0.29) is 17.4 Å². The van der Waals surface area contributed by atoms with Crippen molar-refractivity contribution in [3.63, 3.8) is 0 Å². The lowest BCUT2D eigenvalue weighted by Gasteiger charge is -2.30. The minimum Gasteiger partial charge on any atom is -0.350 e. The summed E-state index contributed by atoms with van der Waals surface area (Å²) < 4.78 is 0. The van der Waals surface area contributed by atoms with Crippen LogP contribution in [-0.4, -0.2) is 16.8 Å². The molecule has 1 amide bonds. The number of carbonyl (C=O) groups excluding carboxylic acids is 1.